The van der Waals surface area contributed by atoms with E-state index >= 15 is 0 Å². The molecule has 0 N–H and O–H groups in total. The molecule has 29 heavy (non-hydrogen) atoms. The first-order valence-corrected chi connectivity index (χ1v) is 14.1. The van der Waals surface area contributed by atoms with Gasteiger partial charge in [0, 0.05) is 47.6 Å². The minimum Gasteiger partial charge on any atom is -0.268 e. The largest absolute Gasteiger partial charge is 0.268 e. The normalized spacial score (nSPS) is 14.4. The van der Waals surface area contributed by atoms with Gasteiger partial charge in [0.25, 0.3) is 5.91 Å². The third-order valence-corrected chi connectivity index (χ3v) is 13.4. The van der Waals surface area contributed by atoms with E-state index in [9.17, 15) is 4.79 Å². The van der Waals surface area contributed by atoms with Crippen LogP contribution in [0.1, 0.15) is 15.9 Å². The van der Waals surface area contributed by atoms with Crippen molar-refractivity contribution in [1.29, 1.82) is 0 Å². The van der Waals surface area contributed by atoms with Gasteiger partial charge in [0.05, 0.1) is 21.4 Å². The van der Waals surface area contributed by atoms with Crippen LogP contribution >= 0.6 is 127 Å². The highest BCUT2D eigenvalue weighted by Crippen LogP contribution is 2.54. The monoisotopic (exact) mass is 893 g/mol. The first-order chi connectivity index (χ1) is 13.6. The molecular formula is C18H2Br8N2O. The maximum atomic E-state index is 13.6. The van der Waals surface area contributed by atoms with Crippen LogP contribution in [0.4, 0.5) is 11.4 Å². The van der Waals surface area contributed by atoms with Crippen molar-refractivity contribution >= 4 is 161 Å². The summed E-state index contributed by atoms with van der Waals surface area (Å²) in [6, 6.07) is 3.96. The zero-order valence-corrected chi connectivity index (χ0v) is 26.2. The Morgan fingerprint density at radius 1 is 0.690 bits per heavy atom. The van der Waals surface area contributed by atoms with Crippen molar-refractivity contribution in [2.75, 3.05) is 4.90 Å². The number of halogens is 8. The van der Waals surface area contributed by atoms with E-state index < -0.39 is 0 Å². The number of carbonyl (C=O) groups excluding carboxylic acids is 1. The van der Waals surface area contributed by atoms with Crippen molar-refractivity contribution < 1.29 is 4.79 Å². The molecule has 0 unspecified atom stereocenters. The average Bonchev–Trinajstić information content (AvgIpc) is 2.99. The molecule has 11 heteroatoms. The molecule has 0 fully saturated rings. The molecule has 0 saturated heterocycles. The molecule has 2 aliphatic rings. The molecule has 3 nitrogen and oxygen atoms in total. The highest BCUT2D eigenvalue weighted by atomic mass is 79.9. The molecular weight excluding hydrogens is 899 g/mol. The minimum absolute atomic E-state index is 0.139. The molecule has 2 aliphatic heterocycles. The SMILES string of the molecule is O=C1c2c(Br)c(Br)c(Br)c(Br)c2C2=Nc3c(Br)c(Br)c(Br)c4cc(Br)cc(c34)N12. The van der Waals surface area contributed by atoms with Crippen molar-refractivity contribution in [3.8, 4) is 0 Å². The first kappa shape index (κ1) is 21.7. The number of rotatable bonds is 0. The predicted molar refractivity (Wildman–Crippen MR) is 145 cm³/mol. The number of hydrogen-bond acceptors (Lipinski definition) is 2. The second kappa shape index (κ2) is 7.46. The minimum atomic E-state index is -0.139. The molecule has 3 aromatic rings. The van der Waals surface area contributed by atoms with Gasteiger partial charge in [-0.2, -0.15) is 0 Å². The number of benzene rings is 3. The molecule has 0 spiro atoms. The van der Waals surface area contributed by atoms with E-state index in [0.717, 1.165) is 59.0 Å². The Morgan fingerprint density at radius 3 is 1.93 bits per heavy atom. The fourth-order valence-corrected chi connectivity index (χ4v) is 8.10. The smallest absolute Gasteiger partial charge is 0.266 e. The molecule has 1 amide bonds. The molecule has 0 saturated carbocycles. The fraction of sp³-hybridized carbons (Fsp3) is 0. The molecule has 146 valence electrons. The zero-order chi connectivity index (χ0) is 20.9. The molecule has 5 rings (SSSR count). The third kappa shape index (κ3) is 2.90. The van der Waals surface area contributed by atoms with Gasteiger partial charge in [0.2, 0.25) is 0 Å². The van der Waals surface area contributed by atoms with Crippen LogP contribution in [0, 0.1) is 0 Å². The van der Waals surface area contributed by atoms with Gasteiger partial charge in [0.1, 0.15) is 5.84 Å². The topological polar surface area (TPSA) is 32.7 Å². The first-order valence-electron chi connectivity index (χ1n) is 7.74. The van der Waals surface area contributed by atoms with Crippen molar-refractivity contribution in [3.63, 3.8) is 0 Å². The lowest BCUT2D eigenvalue weighted by Gasteiger charge is -2.26. The van der Waals surface area contributed by atoms with Crippen molar-refractivity contribution in [2.45, 2.75) is 0 Å². The van der Waals surface area contributed by atoms with Gasteiger partial charge < -0.3 is 0 Å². The summed E-state index contributed by atoms with van der Waals surface area (Å²) in [5, 5.41) is 1.84. The van der Waals surface area contributed by atoms with Crippen LogP contribution in [0.5, 0.6) is 0 Å². The Morgan fingerprint density at radius 2 is 1.28 bits per heavy atom. The summed E-state index contributed by atoms with van der Waals surface area (Å²) in [5.74, 6) is 0.437. The van der Waals surface area contributed by atoms with Gasteiger partial charge >= 0.3 is 0 Å². The molecule has 0 aromatic heterocycles. The van der Waals surface area contributed by atoms with Crippen molar-refractivity contribution in [2.24, 2.45) is 4.99 Å². The van der Waals surface area contributed by atoms with E-state index in [1.807, 2.05) is 12.1 Å². The summed E-state index contributed by atoms with van der Waals surface area (Å²) < 4.78 is 6.46. The Labute approximate surface area is 232 Å². The van der Waals surface area contributed by atoms with Crippen LogP contribution in [-0.2, 0) is 0 Å². The molecule has 0 aliphatic carbocycles. The van der Waals surface area contributed by atoms with Crippen molar-refractivity contribution in [1.82, 2.24) is 0 Å². The third-order valence-electron chi connectivity index (χ3n) is 4.73. The maximum absolute atomic E-state index is 13.6. The van der Waals surface area contributed by atoms with Crippen LogP contribution in [0.25, 0.3) is 10.8 Å². The van der Waals surface area contributed by atoms with Crippen LogP contribution < -0.4 is 4.90 Å². The predicted octanol–water partition coefficient (Wildman–Crippen LogP) is 9.99. The van der Waals surface area contributed by atoms with Gasteiger partial charge in [-0.1, -0.05) is 15.9 Å². The number of nitrogens with zero attached hydrogens (tertiary/aromatic N) is 2. The second-order valence-corrected chi connectivity index (χ2v) is 12.7. The number of hydrogen-bond donors (Lipinski definition) is 0. The Hall–Kier alpha value is 0.900. The summed E-state index contributed by atoms with van der Waals surface area (Å²) in [6.07, 6.45) is 0. The maximum Gasteiger partial charge on any atom is 0.266 e. The van der Waals surface area contributed by atoms with Gasteiger partial charge in [-0.15, -0.1) is 0 Å². The van der Waals surface area contributed by atoms with Crippen LogP contribution in [0.2, 0.25) is 0 Å². The summed E-state index contributed by atoms with van der Waals surface area (Å²) in [6.45, 7) is 0. The molecule has 2 heterocycles. The quantitative estimate of drug-likeness (QED) is 0.164. The lowest BCUT2D eigenvalue weighted by molar-refractivity contribution is 0.101. The van der Waals surface area contributed by atoms with E-state index in [2.05, 4.69) is 127 Å². The number of anilines is 1. The Bertz CT molecular complexity index is 1360. The number of amides is 1. The van der Waals surface area contributed by atoms with Gasteiger partial charge in [-0.05, 0) is 124 Å². The molecule has 3 aromatic carbocycles. The van der Waals surface area contributed by atoms with Crippen LogP contribution in [-0.4, -0.2) is 11.7 Å². The number of carbonyl (C=O) groups is 1. The number of amidine groups is 1. The van der Waals surface area contributed by atoms with Crippen LogP contribution in [0.3, 0.4) is 0 Å². The number of fused-ring (bicyclic) bond motifs is 4. The standard InChI is InChI=1S/C18H2Br8N2O/c19-3-1-4-6-5(2-3)28-17(27-16(6)15(26)12(23)9(4)20)7-8(18(28)29)11(22)14(25)13(24)10(7)21/h1-2H. The molecule has 0 radical (unpaired) electrons. The van der Waals surface area contributed by atoms with Gasteiger partial charge in [-0.3, -0.25) is 9.69 Å². The van der Waals surface area contributed by atoms with E-state index in [1.165, 1.54) is 0 Å². The fourth-order valence-electron chi connectivity index (χ4n) is 3.52. The van der Waals surface area contributed by atoms with Gasteiger partial charge in [-0.25, -0.2) is 4.99 Å². The Balaban J connectivity index is 1.99. The number of aliphatic imine (C=N–C) groups is 1. The second-order valence-electron chi connectivity index (χ2n) is 6.22. The summed E-state index contributed by atoms with van der Waals surface area (Å²) in [5.41, 5.74) is 2.84. The Kier molecular flexibility index (Phi) is 5.59. The van der Waals surface area contributed by atoms with Crippen LogP contribution in [0.15, 0.2) is 52.9 Å². The van der Waals surface area contributed by atoms with Crippen molar-refractivity contribution in [3.05, 3.63) is 59.0 Å². The zero-order valence-electron chi connectivity index (χ0n) is 13.5. The lowest BCUT2D eigenvalue weighted by Crippen LogP contribution is -2.32. The highest BCUT2D eigenvalue weighted by molar-refractivity contribution is 9.15. The van der Waals surface area contributed by atoms with Gasteiger partial charge in [0.15, 0.2) is 0 Å². The molecule has 0 atom stereocenters. The summed E-state index contributed by atoms with van der Waals surface area (Å²) >= 11 is 28.9. The van der Waals surface area contributed by atoms with E-state index in [1.54, 1.807) is 4.90 Å². The molecule has 0 bridgehead atoms. The lowest BCUT2D eigenvalue weighted by atomic mass is 10.0. The average molecular weight is 901 g/mol. The van der Waals surface area contributed by atoms with E-state index in [0.29, 0.717) is 15.9 Å². The van der Waals surface area contributed by atoms with E-state index in [4.69, 9.17) is 4.99 Å². The highest BCUT2D eigenvalue weighted by Gasteiger charge is 2.43. The van der Waals surface area contributed by atoms with E-state index in [-0.39, 0.29) is 5.91 Å². The summed E-state index contributed by atoms with van der Waals surface area (Å²) in [7, 11) is 0. The summed E-state index contributed by atoms with van der Waals surface area (Å²) in [4.78, 5) is 20.2.